The third kappa shape index (κ3) is 25.5. The van der Waals surface area contributed by atoms with E-state index >= 15 is 0 Å². The minimum Gasteiger partial charge on any atom is -0.481 e. The maximum Gasteiger partial charge on any atom is 0.307 e. The molecule has 0 aliphatic carbocycles. The summed E-state index contributed by atoms with van der Waals surface area (Å²) in [4.78, 5) is 47.0. The number of ether oxygens (including phenoxy) is 4. The molecule has 10 heteroatoms. The smallest absolute Gasteiger partial charge is 0.307 e. The molecular weight excluding hydrogens is 556 g/mol. The van der Waals surface area contributed by atoms with Crippen molar-refractivity contribution in [1.82, 2.24) is 0 Å². The Morgan fingerprint density at radius 2 is 1.09 bits per heavy atom. The number of unbranched alkanes of at least 4 members (excludes halogenated alkanes) is 8. The van der Waals surface area contributed by atoms with Crippen LogP contribution in [0.15, 0.2) is 24.3 Å². The molecule has 0 rings (SSSR count). The van der Waals surface area contributed by atoms with Crippen LogP contribution in [0.5, 0.6) is 0 Å². The standard InChI is InChI=1S/C33H56O10/c1-4-6-8-10-12-14-16-18-28(32(36)37)24-30(34)42-21-20-40-26-27(3)41-22-23-43-31(35)25-29(33(38)39)19-17-15-13-11-9-7-5-2/h14-17,27-29H,4-13,18-26H2,1-3H3,(H,36,37)(H,38,39)/b16-14+,17-15+. The monoisotopic (exact) mass is 612 g/mol. The van der Waals surface area contributed by atoms with Crippen molar-refractivity contribution < 1.29 is 48.3 Å². The fraction of sp³-hybridized carbons (Fsp3) is 0.758. The summed E-state index contributed by atoms with van der Waals surface area (Å²) >= 11 is 0. The maximum atomic E-state index is 12.1. The van der Waals surface area contributed by atoms with Crippen molar-refractivity contribution in [3.63, 3.8) is 0 Å². The minimum absolute atomic E-state index is 0.000811. The van der Waals surface area contributed by atoms with Gasteiger partial charge in [-0.2, -0.15) is 0 Å². The SMILES string of the molecule is CCCCCC/C=C/CC(CC(=O)OCCOCC(C)OCCOC(=O)CC(C/C=C/CCCCCC)C(=O)O)C(=O)O. The van der Waals surface area contributed by atoms with E-state index in [2.05, 4.69) is 13.8 Å². The highest BCUT2D eigenvalue weighted by molar-refractivity contribution is 5.79. The van der Waals surface area contributed by atoms with Gasteiger partial charge in [0.2, 0.25) is 0 Å². The lowest BCUT2D eigenvalue weighted by Crippen LogP contribution is -2.23. The van der Waals surface area contributed by atoms with Crippen LogP contribution in [0.4, 0.5) is 0 Å². The Morgan fingerprint density at radius 1 is 0.628 bits per heavy atom. The molecule has 3 unspecified atom stereocenters. The average Bonchev–Trinajstić information content (AvgIpc) is 2.96. The average molecular weight is 613 g/mol. The van der Waals surface area contributed by atoms with E-state index < -0.39 is 35.7 Å². The fourth-order valence-corrected chi connectivity index (χ4v) is 4.11. The summed E-state index contributed by atoms with van der Waals surface area (Å²) in [6.07, 6.45) is 18.5. The molecule has 2 N–H and O–H groups in total. The number of esters is 2. The van der Waals surface area contributed by atoms with E-state index in [0.29, 0.717) is 0 Å². The van der Waals surface area contributed by atoms with Gasteiger partial charge in [0, 0.05) is 0 Å². The Balaban J connectivity index is 4.01. The summed E-state index contributed by atoms with van der Waals surface area (Å²) in [5, 5.41) is 18.8. The summed E-state index contributed by atoms with van der Waals surface area (Å²) in [6, 6.07) is 0. The Labute approximate surface area is 258 Å². The zero-order chi connectivity index (χ0) is 32.1. The molecule has 10 nitrogen and oxygen atoms in total. The molecule has 0 aromatic carbocycles. The number of carboxylic acid groups (broad SMARTS) is 2. The first-order valence-corrected chi connectivity index (χ1v) is 16.0. The molecule has 3 atom stereocenters. The number of rotatable bonds is 29. The number of carboxylic acids is 2. The number of carbonyl (C=O) groups is 4. The third-order valence-corrected chi connectivity index (χ3v) is 6.74. The molecule has 0 bridgehead atoms. The van der Waals surface area contributed by atoms with Gasteiger partial charge < -0.3 is 29.2 Å². The van der Waals surface area contributed by atoms with Crippen molar-refractivity contribution in [2.75, 3.05) is 33.0 Å². The Kier molecular flexibility index (Phi) is 26.3. The van der Waals surface area contributed by atoms with Gasteiger partial charge in [0.1, 0.15) is 13.2 Å². The summed E-state index contributed by atoms with van der Waals surface area (Å²) in [6.45, 7) is 6.56. The van der Waals surface area contributed by atoms with Crippen molar-refractivity contribution >= 4 is 23.9 Å². The van der Waals surface area contributed by atoms with E-state index in [1.165, 1.54) is 25.7 Å². The lowest BCUT2D eigenvalue weighted by Gasteiger charge is -2.14. The number of aliphatic carboxylic acids is 2. The molecule has 0 aromatic heterocycles. The van der Waals surface area contributed by atoms with Gasteiger partial charge in [0.25, 0.3) is 0 Å². The summed E-state index contributed by atoms with van der Waals surface area (Å²) < 4.78 is 21.2. The molecule has 248 valence electrons. The molecule has 0 spiro atoms. The van der Waals surface area contributed by atoms with Crippen molar-refractivity contribution in [3.05, 3.63) is 24.3 Å². The molecule has 0 saturated heterocycles. The topological polar surface area (TPSA) is 146 Å². The molecule has 43 heavy (non-hydrogen) atoms. The van der Waals surface area contributed by atoms with Crippen molar-refractivity contribution in [3.8, 4) is 0 Å². The summed E-state index contributed by atoms with van der Waals surface area (Å²) in [5.74, 6) is -4.85. The maximum absolute atomic E-state index is 12.1. The van der Waals surface area contributed by atoms with Gasteiger partial charge in [0.15, 0.2) is 0 Å². The molecule has 0 aromatic rings. The van der Waals surface area contributed by atoms with Crippen molar-refractivity contribution in [1.29, 1.82) is 0 Å². The zero-order valence-electron chi connectivity index (χ0n) is 26.6. The molecular formula is C33H56O10. The quantitative estimate of drug-likeness (QED) is 0.0544. The van der Waals surface area contributed by atoms with Crippen molar-refractivity contribution in [2.45, 2.75) is 117 Å². The Bertz CT molecular complexity index is 808. The van der Waals surface area contributed by atoms with E-state index in [9.17, 15) is 29.4 Å². The van der Waals surface area contributed by atoms with E-state index in [1.807, 2.05) is 24.3 Å². The first-order valence-electron chi connectivity index (χ1n) is 16.0. The first kappa shape index (κ1) is 40.3. The molecule has 0 aliphatic heterocycles. The van der Waals surface area contributed by atoms with Gasteiger partial charge in [-0.3, -0.25) is 19.2 Å². The van der Waals surface area contributed by atoms with Crippen LogP contribution in [-0.4, -0.2) is 73.2 Å². The summed E-state index contributed by atoms with van der Waals surface area (Å²) in [7, 11) is 0. The van der Waals surface area contributed by atoms with Gasteiger partial charge >= 0.3 is 23.9 Å². The Morgan fingerprint density at radius 3 is 1.53 bits per heavy atom. The van der Waals surface area contributed by atoms with Crippen LogP contribution in [0.3, 0.4) is 0 Å². The predicted molar refractivity (Wildman–Crippen MR) is 165 cm³/mol. The van der Waals surface area contributed by atoms with Crippen LogP contribution in [0, 0.1) is 11.8 Å². The van der Waals surface area contributed by atoms with Gasteiger partial charge in [-0.1, -0.05) is 76.7 Å². The zero-order valence-corrected chi connectivity index (χ0v) is 26.6. The number of hydrogen-bond donors (Lipinski definition) is 2. The largest absolute Gasteiger partial charge is 0.481 e. The highest BCUT2D eigenvalue weighted by atomic mass is 16.6. The second-order valence-corrected chi connectivity index (χ2v) is 10.8. The highest BCUT2D eigenvalue weighted by Gasteiger charge is 2.22. The van der Waals surface area contributed by atoms with Gasteiger partial charge in [-0.15, -0.1) is 0 Å². The molecule has 0 fully saturated rings. The van der Waals surface area contributed by atoms with Crippen LogP contribution in [-0.2, 0) is 38.1 Å². The molecule has 0 heterocycles. The Hall–Kier alpha value is -2.72. The fourth-order valence-electron chi connectivity index (χ4n) is 4.11. The van der Waals surface area contributed by atoms with Crippen LogP contribution in [0.25, 0.3) is 0 Å². The number of allylic oxidation sites excluding steroid dienone is 4. The van der Waals surface area contributed by atoms with Crippen molar-refractivity contribution in [2.24, 2.45) is 11.8 Å². The van der Waals surface area contributed by atoms with E-state index in [-0.39, 0.29) is 64.8 Å². The highest BCUT2D eigenvalue weighted by Crippen LogP contribution is 2.14. The normalized spacial score (nSPS) is 13.7. The van der Waals surface area contributed by atoms with Gasteiger partial charge in [0.05, 0.1) is 50.6 Å². The van der Waals surface area contributed by atoms with E-state index in [0.717, 1.165) is 38.5 Å². The number of hydrogen-bond acceptors (Lipinski definition) is 8. The van der Waals surface area contributed by atoms with E-state index in [4.69, 9.17) is 18.9 Å². The van der Waals surface area contributed by atoms with Crippen LogP contribution >= 0.6 is 0 Å². The first-order chi connectivity index (χ1) is 20.7. The van der Waals surface area contributed by atoms with Gasteiger partial charge in [-0.25, -0.2) is 0 Å². The molecule has 0 amide bonds. The van der Waals surface area contributed by atoms with Crippen LogP contribution in [0.2, 0.25) is 0 Å². The predicted octanol–water partition coefficient (Wildman–Crippen LogP) is 6.51. The van der Waals surface area contributed by atoms with E-state index in [1.54, 1.807) is 6.92 Å². The lowest BCUT2D eigenvalue weighted by atomic mass is 10.0. The second kappa shape index (κ2) is 28.1. The number of carbonyl (C=O) groups excluding carboxylic acids is 2. The van der Waals surface area contributed by atoms with Gasteiger partial charge in [-0.05, 0) is 45.4 Å². The minimum atomic E-state index is -1.03. The summed E-state index contributed by atoms with van der Waals surface area (Å²) in [5.41, 5.74) is 0. The molecule has 0 radical (unpaired) electrons. The third-order valence-electron chi connectivity index (χ3n) is 6.74. The van der Waals surface area contributed by atoms with Crippen LogP contribution in [0.1, 0.15) is 111 Å². The van der Waals surface area contributed by atoms with Crippen LogP contribution < -0.4 is 0 Å². The lowest BCUT2D eigenvalue weighted by molar-refractivity contribution is -0.153. The molecule has 0 saturated carbocycles. The second-order valence-electron chi connectivity index (χ2n) is 10.8. The molecule has 0 aliphatic rings.